The first kappa shape index (κ1) is 6.70. The molecule has 0 saturated carbocycles. The summed E-state index contributed by atoms with van der Waals surface area (Å²) < 4.78 is 0. The first-order valence-electron chi connectivity index (χ1n) is 2.11. The lowest BCUT2D eigenvalue weighted by Gasteiger charge is -1.77. The van der Waals surface area contributed by atoms with Gasteiger partial charge in [0.15, 0.2) is 5.78 Å². The number of hydrogen-bond donors (Lipinski definition) is 0. The normalized spacial score (nSPS) is 10.0. The Kier molecular flexibility index (Phi) is 3.71. The number of rotatable bonds is 2. The van der Waals surface area contributed by atoms with Gasteiger partial charge in [0, 0.05) is 12.0 Å². The van der Waals surface area contributed by atoms with E-state index in [4.69, 9.17) is 11.6 Å². The zero-order chi connectivity index (χ0) is 5.70. The third-order valence-corrected chi connectivity index (χ3v) is 0.723. The van der Waals surface area contributed by atoms with Crippen molar-refractivity contribution in [3.05, 3.63) is 11.6 Å². The van der Waals surface area contributed by atoms with E-state index in [2.05, 4.69) is 0 Å². The van der Waals surface area contributed by atoms with Gasteiger partial charge in [-0.25, -0.2) is 0 Å². The number of allylic oxidation sites excluding steroid dienone is 1. The molecule has 0 amide bonds. The van der Waals surface area contributed by atoms with Gasteiger partial charge in [-0.2, -0.15) is 0 Å². The van der Waals surface area contributed by atoms with Gasteiger partial charge >= 0.3 is 0 Å². The molecule has 1 nitrogen and oxygen atoms in total. The van der Waals surface area contributed by atoms with E-state index >= 15 is 0 Å². The minimum absolute atomic E-state index is 0.0648. The maximum Gasteiger partial charge on any atom is 0.156 e. The highest BCUT2D eigenvalue weighted by atomic mass is 35.5. The van der Waals surface area contributed by atoms with Crippen molar-refractivity contribution in [3.8, 4) is 0 Å². The molecule has 0 aliphatic heterocycles. The standard InChI is InChI=1S/C5H7ClO/c1-2-5(7)3-4-6/h3-4H,2H2,1H3. The second-order valence-electron chi connectivity index (χ2n) is 1.11. The van der Waals surface area contributed by atoms with Crippen molar-refractivity contribution in [1.29, 1.82) is 0 Å². The van der Waals surface area contributed by atoms with Crippen LogP contribution in [0.5, 0.6) is 0 Å². The molecule has 0 aromatic heterocycles. The van der Waals surface area contributed by atoms with Crippen molar-refractivity contribution in [1.82, 2.24) is 0 Å². The molecule has 0 aliphatic carbocycles. The van der Waals surface area contributed by atoms with Crippen molar-refractivity contribution in [2.45, 2.75) is 13.3 Å². The fourth-order valence-corrected chi connectivity index (χ4v) is 0.329. The van der Waals surface area contributed by atoms with E-state index in [-0.39, 0.29) is 5.78 Å². The number of halogens is 1. The zero-order valence-electron chi connectivity index (χ0n) is 4.15. The molecule has 0 spiro atoms. The largest absolute Gasteiger partial charge is 0.295 e. The molecular weight excluding hydrogens is 112 g/mol. The van der Waals surface area contributed by atoms with Crippen LogP contribution in [0.25, 0.3) is 0 Å². The summed E-state index contributed by atoms with van der Waals surface area (Å²) >= 11 is 5.07. The Morgan fingerprint density at radius 3 is 2.57 bits per heavy atom. The Morgan fingerprint density at radius 1 is 1.86 bits per heavy atom. The van der Waals surface area contributed by atoms with Crippen LogP contribution < -0.4 is 0 Å². The summed E-state index contributed by atoms with van der Waals surface area (Å²) in [5.41, 5.74) is 1.23. The second kappa shape index (κ2) is 3.88. The fourth-order valence-electron chi connectivity index (χ4n) is 0.188. The van der Waals surface area contributed by atoms with Crippen LogP contribution in [0.1, 0.15) is 13.3 Å². The lowest BCUT2D eigenvalue weighted by molar-refractivity contribution is -0.114. The van der Waals surface area contributed by atoms with Gasteiger partial charge in [-0.15, -0.1) is 0 Å². The van der Waals surface area contributed by atoms with Gasteiger partial charge in [0.1, 0.15) is 0 Å². The summed E-state index contributed by atoms with van der Waals surface area (Å²) in [6.07, 6.45) is 1.88. The minimum atomic E-state index is 0.0648. The summed E-state index contributed by atoms with van der Waals surface area (Å²) in [7, 11) is 0. The quantitative estimate of drug-likeness (QED) is 0.505. The van der Waals surface area contributed by atoms with Gasteiger partial charge in [-0.05, 0) is 6.08 Å². The molecule has 7 heavy (non-hydrogen) atoms. The zero-order valence-corrected chi connectivity index (χ0v) is 4.90. The van der Waals surface area contributed by atoms with Gasteiger partial charge < -0.3 is 0 Å². The van der Waals surface area contributed by atoms with E-state index in [9.17, 15) is 4.79 Å². The molecule has 0 aromatic rings. The molecule has 0 unspecified atom stereocenters. The third-order valence-electron chi connectivity index (χ3n) is 0.597. The smallest absolute Gasteiger partial charge is 0.156 e. The highest BCUT2D eigenvalue weighted by Crippen LogP contribution is 1.84. The molecule has 0 rings (SSSR count). The second-order valence-corrected chi connectivity index (χ2v) is 1.36. The molecule has 0 fully saturated rings. The Morgan fingerprint density at radius 2 is 2.43 bits per heavy atom. The Balaban J connectivity index is 3.37. The van der Waals surface area contributed by atoms with Gasteiger partial charge in [-0.1, -0.05) is 18.5 Å². The first-order chi connectivity index (χ1) is 3.31. The number of carbonyl (C=O) groups excluding carboxylic acids is 1. The van der Waals surface area contributed by atoms with E-state index in [1.807, 2.05) is 0 Å². The van der Waals surface area contributed by atoms with Gasteiger partial charge in [0.05, 0.1) is 0 Å². The summed E-state index contributed by atoms with van der Waals surface area (Å²) in [6, 6.07) is 0. The van der Waals surface area contributed by atoms with Crippen molar-refractivity contribution < 1.29 is 4.79 Å². The van der Waals surface area contributed by atoms with Crippen molar-refractivity contribution in [2.24, 2.45) is 0 Å². The van der Waals surface area contributed by atoms with E-state index in [1.165, 1.54) is 11.6 Å². The number of carbonyl (C=O) groups is 1. The molecule has 0 aliphatic rings. The molecule has 2 heteroatoms. The monoisotopic (exact) mass is 118 g/mol. The van der Waals surface area contributed by atoms with Crippen molar-refractivity contribution in [2.75, 3.05) is 0 Å². The highest BCUT2D eigenvalue weighted by Gasteiger charge is 1.84. The Bertz CT molecular complexity index is 86.1. The van der Waals surface area contributed by atoms with Crippen LogP contribution in [0.2, 0.25) is 0 Å². The number of ketones is 1. The van der Waals surface area contributed by atoms with E-state index in [0.29, 0.717) is 6.42 Å². The molecule has 0 aromatic carbocycles. The van der Waals surface area contributed by atoms with Crippen LogP contribution in [-0.4, -0.2) is 5.78 Å². The summed E-state index contributed by atoms with van der Waals surface area (Å²) in [4.78, 5) is 10.2. The van der Waals surface area contributed by atoms with Gasteiger partial charge in [0.25, 0.3) is 0 Å². The maximum atomic E-state index is 10.2. The molecule has 0 saturated heterocycles. The van der Waals surface area contributed by atoms with Crippen LogP contribution in [0.3, 0.4) is 0 Å². The minimum Gasteiger partial charge on any atom is -0.295 e. The number of hydrogen-bond acceptors (Lipinski definition) is 1. The molecule has 0 N–H and O–H groups in total. The van der Waals surface area contributed by atoms with Crippen LogP contribution >= 0.6 is 11.6 Å². The Hall–Kier alpha value is -0.300. The van der Waals surface area contributed by atoms with E-state index < -0.39 is 0 Å². The van der Waals surface area contributed by atoms with Crippen LogP contribution in [0.4, 0.5) is 0 Å². The van der Waals surface area contributed by atoms with Crippen LogP contribution in [-0.2, 0) is 4.79 Å². The van der Waals surface area contributed by atoms with E-state index in [1.54, 1.807) is 6.92 Å². The van der Waals surface area contributed by atoms with Crippen LogP contribution in [0.15, 0.2) is 11.6 Å². The molecule has 0 atom stereocenters. The SMILES string of the molecule is CCC(=O)C=CCl. The van der Waals surface area contributed by atoms with E-state index in [0.717, 1.165) is 0 Å². The maximum absolute atomic E-state index is 10.2. The molecule has 0 bridgehead atoms. The molecule has 40 valence electrons. The third kappa shape index (κ3) is 3.53. The molecule has 0 heterocycles. The predicted octanol–water partition coefficient (Wildman–Crippen LogP) is 1.72. The van der Waals surface area contributed by atoms with Crippen molar-refractivity contribution >= 4 is 17.4 Å². The fraction of sp³-hybridized carbons (Fsp3) is 0.400. The molecule has 0 radical (unpaired) electrons. The summed E-state index contributed by atoms with van der Waals surface area (Å²) in [5, 5.41) is 0. The molecular formula is C5H7ClO. The van der Waals surface area contributed by atoms with Crippen molar-refractivity contribution in [3.63, 3.8) is 0 Å². The lowest BCUT2D eigenvalue weighted by atomic mass is 10.3. The summed E-state index contributed by atoms with van der Waals surface area (Å²) in [6.45, 7) is 1.79. The summed E-state index contributed by atoms with van der Waals surface area (Å²) in [5.74, 6) is 0.0648. The lowest BCUT2D eigenvalue weighted by Crippen LogP contribution is -1.84. The highest BCUT2D eigenvalue weighted by molar-refractivity contribution is 6.26. The first-order valence-corrected chi connectivity index (χ1v) is 2.54. The topological polar surface area (TPSA) is 17.1 Å². The average molecular weight is 119 g/mol. The predicted molar refractivity (Wildman–Crippen MR) is 30.3 cm³/mol. The average Bonchev–Trinajstić information content (AvgIpc) is 1.68. The van der Waals surface area contributed by atoms with Gasteiger partial charge in [0.2, 0.25) is 0 Å². The van der Waals surface area contributed by atoms with Crippen LogP contribution in [0, 0.1) is 0 Å². The Labute approximate surface area is 48.0 Å². The van der Waals surface area contributed by atoms with Gasteiger partial charge in [-0.3, -0.25) is 4.79 Å².